The van der Waals surface area contributed by atoms with E-state index < -0.39 is 29.9 Å². The Morgan fingerprint density at radius 2 is 1.82 bits per heavy atom. The molecule has 0 spiro atoms. The van der Waals surface area contributed by atoms with Gasteiger partial charge in [0.05, 0.1) is 17.3 Å². The highest BCUT2D eigenvalue weighted by Crippen LogP contribution is 2.29. The van der Waals surface area contributed by atoms with Crippen molar-refractivity contribution in [3.63, 3.8) is 0 Å². The first kappa shape index (κ1) is 27.1. The number of hydrogen-bond donors (Lipinski definition) is 3. The zero-order chi connectivity index (χ0) is 25.4. The van der Waals surface area contributed by atoms with Gasteiger partial charge in [0.25, 0.3) is 5.91 Å². The van der Waals surface area contributed by atoms with Gasteiger partial charge in [0.2, 0.25) is 5.91 Å². The third-order valence-corrected chi connectivity index (χ3v) is 5.42. The van der Waals surface area contributed by atoms with Gasteiger partial charge in [-0.25, -0.2) is 9.69 Å². The van der Waals surface area contributed by atoms with E-state index in [1.165, 1.54) is 0 Å². The minimum atomic E-state index is -1.02. The van der Waals surface area contributed by atoms with E-state index in [0.717, 1.165) is 10.5 Å². The van der Waals surface area contributed by atoms with E-state index in [9.17, 15) is 14.4 Å². The predicted molar refractivity (Wildman–Crippen MR) is 132 cm³/mol. The summed E-state index contributed by atoms with van der Waals surface area (Å²) >= 11 is 6.22. The van der Waals surface area contributed by atoms with Gasteiger partial charge in [0.1, 0.15) is 24.4 Å². The molecule has 0 bridgehead atoms. The van der Waals surface area contributed by atoms with Crippen LogP contribution in [0.3, 0.4) is 0 Å². The number of imide groups is 1. The maximum absolute atomic E-state index is 13.2. The number of carbonyl (C=O) groups excluding carboxylic acids is 3. The first-order chi connectivity index (χ1) is 16.2. The Kier molecular flexibility index (Phi) is 9.89. The average Bonchev–Trinajstić information content (AvgIpc) is 3.10. The Balaban J connectivity index is 0.00000199. The lowest BCUT2D eigenvalue weighted by atomic mass is 10.00. The summed E-state index contributed by atoms with van der Waals surface area (Å²) in [6.45, 7) is 9.46. The number of nitrogens with zero attached hydrogens (tertiary/aromatic N) is 1. The molecule has 3 N–H and O–H groups in total. The summed E-state index contributed by atoms with van der Waals surface area (Å²) in [5.74, 6) is -0.807. The largest absolute Gasteiger partial charge is 0.491 e. The van der Waals surface area contributed by atoms with Crippen LogP contribution in [0.2, 0.25) is 5.02 Å². The number of nitrogens with one attached hydrogen (secondary N) is 2. The van der Waals surface area contributed by atoms with Crippen LogP contribution < -0.4 is 15.4 Å². The lowest BCUT2D eigenvalue weighted by molar-refractivity contribution is -0.135. The van der Waals surface area contributed by atoms with E-state index in [1.54, 1.807) is 50.2 Å². The van der Waals surface area contributed by atoms with Crippen molar-refractivity contribution in [2.75, 3.05) is 18.5 Å². The molecule has 1 aliphatic heterocycles. The normalized spacial score (nSPS) is 16.0. The number of halogens is 1. The minimum Gasteiger partial charge on any atom is -0.491 e. The molecule has 0 saturated carbocycles. The van der Waals surface area contributed by atoms with Gasteiger partial charge in [0.15, 0.2) is 0 Å². The highest BCUT2D eigenvalue weighted by Gasteiger charge is 2.46. The third-order valence-electron chi connectivity index (χ3n) is 5.11. The number of benzene rings is 2. The van der Waals surface area contributed by atoms with E-state index in [2.05, 4.69) is 10.6 Å². The first-order valence-corrected chi connectivity index (χ1v) is 11.6. The monoisotopic (exact) mass is 489 g/mol. The maximum Gasteiger partial charge on any atom is 0.325 e. The summed E-state index contributed by atoms with van der Waals surface area (Å²) in [4.78, 5) is 39.9. The van der Waals surface area contributed by atoms with Crippen LogP contribution in [0.25, 0.3) is 0 Å². The van der Waals surface area contributed by atoms with Crippen LogP contribution in [0.5, 0.6) is 5.75 Å². The maximum atomic E-state index is 13.2. The number of aryl methyl sites for hydroxylation is 1. The summed E-state index contributed by atoms with van der Waals surface area (Å²) in [5, 5.41) is 14.6. The van der Waals surface area contributed by atoms with Crippen molar-refractivity contribution in [3.05, 3.63) is 58.6 Å². The van der Waals surface area contributed by atoms with Gasteiger partial charge in [-0.1, -0.05) is 57.5 Å². The molecule has 1 heterocycles. The van der Waals surface area contributed by atoms with Gasteiger partial charge in [-0.15, -0.1) is 0 Å². The summed E-state index contributed by atoms with van der Waals surface area (Å²) in [5.41, 5.74) is 1.92. The lowest BCUT2D eigenvalue weighted by Gasteiger charge is -2.27. The number of carbonyl (C=O) groups is 3. The molecule has 0 aliphatic carbocycles. The molecule has 1 saturated heterocycles. The van der Waals surface area contributed by atoms with Gasteiger partial charge < -0.3 is 20.5 Å². The molecule has 8 nitrogen and oxygen atoms in total. The number of anilines is 1. The molecule has 34 heavy (non-hydrogen) atoms. The molecule has 1 unspecified atom stereocenters. The number of aliphatic hydroxyl groups excluding tert-OH is 1. The van der Waals surface area contributed by atoms with Gasteiger partial charge in [-0.2, -0.15) is 0 Å². The van der Waals surface area contributed by atoms with Crippen LogP contribution >= 0.6 is 11.6 Å². The number of urea groups is 1. The molecule has 184 valence electrons. The Hall–Kier alpha value is -3.10. The topological polar surface area (TPSA) is 108 Å². The van der Waals surface area contributed by atoms with Crippen LogP contribution in [-0.2, 0) is 9.59 Å². The third kappa shape index (κ3) is 6.27. The highest BCUT2D eigenvalue weighted by atomic mass is 35.5. The van der Waals surface area contributed by atoms with Crippen molar-refractivity contribution in [1.82, 2.24) is 10.2 Å². The predicted octanol–water partition coefficient (Wildman–Crippen LogP) is 4.30. The van der Waals surface area contributed by atoms with E-state index in [4.69, 9.17) is 21.4 Å². The van der Waals surface area contributed by atoms with Crippen LogP contribution in [-0.4, -0.2) is 47.1 Å². The summed E-state index contributed by atoms with van der Waals surface area (Å²) in [7, 11) is 0. The molecule has 1 aliphatic rings. The highest BCUT2D eigenvalue weighted by molar-refractivity contribution is 6.33. The summed E-state index contributed by atoms with van der Waals surface area (Å²) in [6.07, 6.45) is 0. The Morgan fingerprint density at radius 3 is 2.38 bits per heavy atom. The molecule has 1 fully saturated rings. The van der Waals surface area contributed by atoms with Crippen LogP contribution in [0.15, 0.2) is 42.5 Å². The number of amides is 4. The average molecular weight is 490 g/mol. The minimum absolute atomic E-state index is 0.111. The zero-order valence-electron chi connectivity index (χ0n) is 20.1. The molecule has 3 rings (SSSR count). The quantitative estimate of drug-likeness (QED) is 0.479. The summed E-state index contributed by atoms with van der Waals surface area (Å²) < 4.78 is 5.32. The number of rotatable bonds is 8. The van der Waals surface area contributed by atoms with Crippen molar-refractivity contribution < 1.29 is 24.2 Å². The fourth-order valence-corrected chi connectivity index (χ4v) is 3.83. The van der Waals surface area contributed by atoms with Gasteiger partial charge in [-0.05, 0) is 48.2 Å². The van der Waals surface area contributed by atoms with Gasteiger partial charge in [-0.3, -0.25) is 9.59 Å². The molecule has 2 atom stereocenters. The van der Waals surface area contributed by atoms with Crippen molar-refractivity contribution in [2.45, 2.75) is 46.7 Å². The fourth-order valence-electron chi connectivity index (χ4n) is 3.55. The van der Waals surface area contributed by atoms with Crippen molar-refractivity contribution in [1.29, 1.82) is 0 Å². The van der Waals surface area contributed by atoms with Crippen molar-refractivity contribution >= 4 is 35.1 Å². The zero-order valence-corrected chi connectivity index (χ0v) is 20.8. The second-order valence-corrected chi connectivity index (χ2v) is 8.30. The lowest BCUT2D eigenvalue weighted by Crippen LogP contribution is -2.50. The molecule has 0 radical (unpaired) electrons. The second-order valence-electron chi connectivity index (χ2n) is 7.89. The van der Waals surface area contributed by atoms with Crippen LogP contribution in [0.4, 0.5) is 10.5 Å². The Bertz CT molecular complexity index is 1010. The first-order valence-electron chi connectivity index (χ1n) is 11.3. The van der Waals surface area contributed by atoms with Crippen molar-refractivity contribution in [2.24, 2.45) is 5.92 Å². The molecule has 9 heteroatoms. The standard InChI is InChI=1S/C23H26ClN3O5.C2H6/c1-13(2)20(21(29)25-18-9-4-14(3)12-17(18)24)27-22(30)19(26-23(27)31)15-5-7-16(8-6-15)32-11-10-28;1-2/h4-9,12-13,19-20,28H,10-11H2,1-3H3,(H,25,29)(H,26,31);1-2H3/t19-,20?;/m1./s1. The molecule has 4 amide bonds. The molecule has 0 aromatic heterocycles. The summed E-state index contributed by atoms with van der Waals surface area (Å²) in [6, 6.07) is 9.28. The Morgan fingerprint density at radius 1 is 1.18 bits per heavy atom. The smallest absolute Gasteiger partial charge is 0.325 e. The van der Waals surface area contributed by atoms with E-state index in [1.807, 2.05) is 26.8 Å². The molecule has 2 aromatic carbocycles. The molecular weight excluding hydrogens is 458 g/mol. The molecular formula is C25H32ClN3O5. The number of hydrogen-bond acceptors (Lipinski definition) is 5. The van der Waals surface area contributed by atoms with E-state index >= 15 is 0 Å². The van der Waals surface area contributed by atoms with Crippen molar-refractivity contribution in [3.8, 4) is 5.75 Å². The van der Waals surface area contributed by atoms with Gasteiger partial charge in [0, 0.05) is 0 Å². The Labute approximate surface area is 205 Å². The van der Waals surface area contributed by atoms with Gasteiger partial charge >= 0.3 is 6.03 Å². The number of aliphatic hydroxyl groups is 1. The van der Waals surface area contributed by atoms with Crippen LogP contribution in [0, 0.1) is 12.8 Å². The fraction of sp³-hybridized carbons (Fsp3) is 0.400. The van der Waals surface area contributed by atoms with E-state index in [-0.39, 0.29) is 19.1 Å². The SMILES string of the molecule is CC.Cc1ccc(NC(=O)C(C(C)C)N2C(=O)N[C@H](c3ccc(OCCO)cc3)C2=O)c(Cl)c1. The molecule has 2 aromatic rings. The second kappa shape index (κ2) is 12.4. The van der Waals surface area contributed by atoms with E-state index in [0.29, 0.717) is 22.0 Å². The number of ether oxygens (including phenoxy) is 1. The van der Waals surface area contributed by atoms with Crippen LogP contribution in [0.1, 0.15) is 44.9 Å².